The molecule has 0 amide bonds. The zero-order chi connectivity index (χ0) is 28.5. The fourth-order valence-corrected chi connectivity index (χ4v) is 5.77. The van der Waals surface area contributed by atoms with Gasteiger partial charge in [0, 0.05) is 16.7 Å². The van der Waals surface area contributed by atoms with E-state index in [0.29, 0.717) is 11.3 Å². The Morgan fingerprint density at radius 1 is 0.619 bits per heavy atom. The summed E-state index contributed by atoms with van der Waals surface area (Å²) in [5.74, 6) is 1.47. The molecular formula is C37H22N4O. The summed E-state index contributed by atoms with van der Waals surface area (Å²) in [6, 6.07) is 45.3. The van der Waals surface area contributed by atoms with Crippen molar-refractivity contribution in [1.29, 1.82) is 5.26 Å². The Morgan fingerprint density at radius 3 is 1.76 bits per heavy atom. The van der Waals surface area contributed by atoms with Gasteiger partial charge in [0.15, 0.2) is 5.69 Å². The van der Waals surface area contributed by atoms with Gasteiger partial charge < -0.3 is 4.74 Å². The molecule has 0 atom stereocenters. The molecule has 0 fully saturated rings. The summed E-state index contributed by atoms with van der Waals surface area (Å²) in [5, 5.41) is 9.52. The van der Waals surface area contributed by atoms with Crippen molar-refractivity contribution >= 4 is 5.69 Å². The van der Waals surface area contributed by atoms with Gasteiger partial charge >= 0.3 is 0 Å². The molecule has 0 saturated heterocycles. The molecule has 0 unspecified atom stereocenters. The lowest BCUT2D eigenvalue weighted by molar-refractivity contribution is 0.430. The van der Waals surface area contributed by atoms with E-state index in [1.54, 1.807) is 12.1 Å². The number of hydrogen-bond donors (Lipinski definition) is 0. The Morgan fingerprint density at radius 2 is 1.17 bits per heavy atom. The smallest absolute Gasteiger partial charge is 0.187 e. The van der Waals surface area contributed by atoms with Gasteiger partial charge in [0.05, 0.1) is 41.0 Å². The summed E-state index contributed by atoms with van der Waals surface area (Å²) < 4.78 is 6.44. The van der Waals surface area contributed by atoms with Gasteiger partial charge in [-0.25, -0.2) is 4.85 Å². The lowest BCUT2D eigenvalue weighted by atomic mass is 9.67. The van der Waals surface area contributed by atoms with Crippen LogP contribution in [0, 0.1) is 17.9 Å². The molecule has 0 bridgehead atoms. The third-order valence-corrected chi connectivity index (χ3v) is 7.63. The molecule has 0 radical (unpaired) electrons. The van der Waals surface area contributed by atoms with E-state index in [0.717, 1.165) is 56.5 Å². The number of nitrogens with zero attached hydrogens (tertiary/aromatic N) is 4. The summed E-state index contributed by atoms with van der Waals surface area (Å²) in [5.41, 5.74) is 6.89. The first-order valence-corrected chi connectivity index (χ1v) is 13.5. The van der Waals surface area contributed by atoms with Crippen molar-refractivity contribution in [2.45, 2.75) is 5.41 Å². The van der Waals surface area contributed by atoms with Gasteiger partial charge in [0.1, 0.15) is 16.9 Å². The minimum Gasteiger partial charge on any atom is -0.457 e. The second kappa shape index (κ2) is 10.2. The number of rotatable bonds is 4. The largest absolute Gasteiger partial charge is 0.457 e. The van der Waals surface area contributed by atoms with Gasteiger partial charge in [0.2, 0.25) is 0 Å². The molecule has 1 aliphatic heterocycles. The molecule has 1 aliphatic rings. The molecule has 0 N–H and O–H groups in total. The lowest BCUT2D eigenvalue weighted by Crippen LogP contribution is -2.36. The van der Waals surface area contributed by atoms with Crippen molar-refractivity contribution in [3.8, 4) is 40.1 Å². The number of pyridine rings is 2. The van der Waals surface area contributed by atoms with Crippen molar-refractivity contribution in [3.05, 3.63) is 173 Å². The number of nitriles is 1. The first kappa shape index (κ1) is 25.0. The van der Waals surface area contributed by atoms with Crippen LogP contribution in [0.15, 0.2) is 133 Å². The summed E-state index contributed by atoms with van der Waals surface area (Å²) >= 11 is 0. The van der Waals surface area contributed by atoms with Crippen LogP contribution in [0.5, 0.6) is 11.5 Å². The highest BCUT2D eigenvalue weighted by Crippen LogP contribution is 2.54. The Labute approximate surface area is 243 Å². The number of para-hydroxylation sites is 2. The molecular weight excluding hydrogens is 516 g/mol. The Balaban J connectivity index is 1.55. The number of benzene rings is 4. The van der Waals surface area contributed by atoms with Crippen LogP contribution in [-0.2, 0) is 5.41 Å². The summed E-state index contributed by atoms with van der Waals surface area (Å²) in [7, 11) is 0. The monoisotopic (exact) mass is 538 g/mol. The van der Waals surface area contributed by atoms with E-state index in [9.17, 15) is 5.26 Å². The molecule has 3 heterocycles. The van der Waals surface area contributed by atoms with Crippen molar-refractivity contribution < 1.29 is 4.74 Å². The molecule has 0 aliphatic carbocycles. The van der Waals surface area contributed by atoms with Crippen LogP contribution in [0.1, 0.15) is 28.1 Å². The van der Waals surface area contributed by atoms with E-state index in [1.165, 1.54) is 0 Å². The van der Waals surface area contributed by atoms with Gasteiger partial charge in [-0.3, -0.25) is 9.97 Å². The van der Waals surface area contributed by atoms with Gasteiger partial charge in [-0.15, -0.1) is 0 Å². The van der Waals surface area contributed by atoms with Crippen molar-refractivity contribution in [2.24, 2.45) is 0 Å². The number of fused-ring (bicyclic) bond motifs is 2. The second-order valence-corrected chi connectivity index (χ2v) is 10.0. The number of ether oxygens (including phenoxy) is 1. The minimum absolute atomic E-state index is 0.560. The number of aromatic nitrogens is 2. The SMILES string of the molecule is [C-]#[N+]c1cccc(-c2cccc(C3(c4cccc(-c5cccc(C#N)c5)n4)c4ccccc4Oc4ccccc43)n2)c1. The van der Waals surface area contributed by atoms with Crippen LogP contribution in [-0.4, -0.2) is 9.97 Å². The first-order chi connectivity index (χ1) is 20.7. The zero-order valence-corrected chi connectivity index (χ0v) is 22.4. The molecule has 0 spiro atoms. The molecule has 6 aromatic rings. The summed E-state index contributed by atoms with van der Waals surface area (Å²) in [6.07, 6.45) is 0. The molecule has 2 aromatic heterocycles. The highest BCUT2D eigenvalue weighted by atomic mass is 16.5. The van der Waals surface area contributed by atoms with Gasteiger partial charge in [-0.1, -0.05) is 78.9 Å². The van der Waals surface area contributed by atoms with Crippen molar-refractivity contribution in [3.63, 3.8) is 0 Å². The first-order valence-electron chi connectivity index (χ1n) is 13.5. The quantitative estimate of drug-likeness (QED) is 0.210. The van der Waals surface area contributed by atoms with Crippen molar-refractivity contribution in [1.82, 2.24) is 9.97 Å². The Kier molecular flexibility index (Phi) is 6.05. The molecule has 5 nitrogen and oxygen atoms in total. The third kappa shape index (κ3) is 4.01. The topological polar surface area (TPSA) is 63.2 Å². The molecule has 5 heteroatoms. The van der Waals surface area contributed by atoms with Gasteiger partial charge in [0.25, 0.3) is 0 Å². The predicted molar refractivity (Wildman–Crippen MR) is 162 cm³/mol. The van der Waals surface area contributed by atoms with E-state index in [1.807, 2.05) is 109 Å². The summed E-state index contributed by atoms with van der Waals surface area (Å²) in [4.78, 5) is 14.2. The molecule has 42 heavy (non-hydrogen) atoms. The highest BCUT2D eigenvalue weighted by molar-refractivity contribution is 5.71. The Bertz CT molecular complexity index is 1920. The Hall–Kier alpha value is -6.04. The van der Waals surface area contributed by atoms with Crippen LogP contribution in [0.4, 0.5) is 5.69 Å². The third-order valence-electron chi connectivity index (χ3n) is 7.63. The fraction of sp³-hybridized carbons (Fsp3) is 0.0270. The van der Waals surface area contributed by atoms with E-state index in [2.05, 4.69) is 23.0 Å². The lowest BCUT2D eigenvalue weighted by Gasteiger charge is -2.39. The van der Waals surface area contributed by atoms with Crippen LogP contribution in [0.2, 0.25) is 0 Å². The maximum atomic E-state index is 9.52. The molecule has 4 aromatic carbocycles. The van der Waals surface area contributed by atoms with E-state index in [-0.39, 0.29) is 0 Å². The minimum atomic E-state index is -0.915. The predicted octanol–water partition coefficient (Wildman–Crippen LogP) is 8.72. The second-order valence-electron chi connectivity index (χ2n) is 10.0. The highest BCUT2D eigenvalue weighted by Gasteiger charge is 2.47. The molecule has 0 saturated carbocycles. The fourth-order valence-electron chi connectivity index (χ4n) is 5.77. The zero-order valence-electron chi connectivity index (χ0n) is 22.4. The van der Waals surface area contributed by atoms with Crippen LogP contribution >= 0.6 is 0 Å². The number of hydrogen-bond acceptors (Lipinski definition) is 4. The standard InChI is InChI=1S/C37H22N4O/c1-39-28-13-7-12-27(23-28)32-17-9-21-36(41-32)37(29-14-2-4-18-33(29)42-34-19-5-3-15-30(34)37)35-20-8-16-31(40-35)26-11-6-10-25(22-26)24-38/h2-23H. The average Bonchev–Trinajstić information content (AvgIpc) is 3.07. The molecule has 7 rings (SSSR count). The van der Waals surface area contributed by atoms with Gasteiger partial charge in [-0.2, -0.15) is 5.26 Å². The normalized spacial score (nSPS) is 12.6. The maximum Gasteiger partial charge on any atom is 0.187 e. The van der Waals surface area contributed by atoms with Gasteiger partial charge in [-0.05, 0) is 60.2 Å². The van der Waals surface area contributed by atoms with Crippen LogP contribution in [0.25, 0.3) is 27.4 Å². The van der Waals surface area contributed by atoms with Crippen molar-refractivity contribution in [2.75, 3.05) is 0 Å². The average molecular weight is 539 g/mol. The summed E-state index contributed by atoms with van der Waals surface area (Å²) in [6.45, 7) is 7.49. The van der Waals surface area contributed by atoms with E-state index in [4.69, 9.17) is 21.3 Å². The van der Waals surface area contributed by atoms with Crippen LogP contribution < -0.4 is 4.74 Å². The van der Waals surface area contributed by atoms with E-state index < -0.39 is 5.41 Å². The molecule has 196 valence electrons. The van der Waals surface area contributed by atoms with E-state index >= 15 is 0 Å². The van der Waals surface area contributed by atoms with Crippen LogP contribution in [0.3, 0.4) is 0 Å². The maximum absolute atomic E-state index is 9.52.